The van der Waals surface area contributed by atoms with Gasteiger partial charge in [-0.25, -0.2) is 4.39 Å². The summed E-state index contributed by atoms with van der Waals surface area (Å²) in [6, 6.07) is 22.8. The van der Waals surface area contributed by atoms with Crippen molar-refractivity contribution in [1.82, 2.24) is 10.6 Å². The lowest BCUT2D eigenvalue weighted by Gasteiger charge is -2.15. The number of aliphatic imine (C=N–C) groups is 2. The predicted molar refractivity (Wildman–Crippen MR) is 142 cm³/mol. The summed E-state index contributed by atoms with van der Waals surface area (Å²) in [5.74, 6) is 1.91. The lowest BCUT2D eigenvalue weighted by Crippen LogP contribution is -2.30. The number of amidine groups is 2. The number of rotatable bonds is 8. The van der Waals surface area contributed by atoms with Gasteiger partial charge >= 0.3 is 0 Å². The lowest BCUT2D eigenvalue weighted by molar-refractivity contribution is 0.590. The highest BCUT2D eigenvalue weighted by Gasteiger charge is 2.11. The molecule has 0 fully saturated rings. The molecule has 2 aliphatic heterocycles. The number of hydrogen-bond acceptors (Lipinski definition) is 4. The summed E-state index contributed by atoms with van der Waals surface area (Å²) in [5, 5.41) is 6.72. The summed E-state index contributed by atoms with van der Waals surface area (Å²) < 4.78 is 15.2. The van der Waals surface area contributed by atoms with Crippen molar-refractivity contribution in [3.63, 3.8) is 0 Å². The van der Waals surface area contributed by atoms with Gasteiger partial charge in [0.05, 0.1) is 0 Å². The fourth-order valence-electron chi connectivity index (χ4n) is 4.69. The van der Waals surface area contributed by atoms with E-state index in [0.29, 0.717) is 12.8 Å². The summed E-state index contributed by atoms with van der Waals surface area (Å²) in [4.78, 5) is 9.11. The van der Waals surface area contributed by atoms with Crippen LogP contribution in [-0.4, -0.2) is 37.9 Å². The van der Waals surface area contributed by atoms with Gasteiger partial charge in [-0.2, -0.15) is 0 Å². The van der Waals surface area contributed by atoms with Gasteiger partial charge in [0.2, 0.25) is 0 Å². The summed E-state index contributed by atoms with van der Waals surface area (Å²) >= 11 is 0. The van der Waals surface area contributed by atoms with Gasteiger partial charge in [0.15, 0.2) is 0 Å². The van der Waals surface area contributed by atoms with Crippen molar-refractivity contribution in [2.24, 2.45) is 9.98 Å². The Bertz CT molecular complexity index is 1100. The fraction of sp³-hybridized carbons (Fsp3) is 0.333. The number of benzene rings is 3. The third-order valence-corrected chi connectivity index (χ3v) is 6.77. The Kier molecular flexibility index (Phi) is 7.52. The van der Waals surface area contributed by atoms with Crippen LogP contribution in [-0.2, 0) is 25.7 Å². The molecule has 0 bridgehead atoms. The molecule has 0 unspecified atom stereocenters. The quantitative estimate of drug-likeness (QED) is 0.495. The second-order valence-corrected chi connectivity index (χ2v) is 9.31. The molecule has 4 nitrogen and oxygen atoms in total. The molecule has 0 saturated heterocycles. The van der Waals surface area contributed by atoms with Crippen LogP contribution in [0.4, 0.5) is 4.39 Å². The highest BCUT2D eigenvalue weighted by atomic mass is 19.1. The zero-order valence-corrected chi connectivity index (χ0v) is 20.2. The minimum absolute atomic E-state index is 0.0535. The Morgan fingerprint density at radius 2 is 1.06 bits per heavy atom. The van der Waals surface area contributed by atoms with Gasteiger partial charge in [0.25, 0.3) is 0 Å². The molecule has 0 aromatic heterocycles. The van der Waals surface area contributed by atoms with Crippen molar-refractivity contribution in [2.45, 2.75) is 38.5 Å². The number of hydrogen-bond donors (Lipinski definition) is 2. The summed E-state index contributed by atoms with van der Waals surface area (Å²) in [7, 11) is 0. The van der Waals surface area contributed by atoms with E-state index in [-0.39, 0.29) is 5.82 Å². The smallest absolute Gasteiger partial charge is 0.129 e. The van der Waals surface area contributed by atoms with Gasteiger partial charge in [-0.15, -0.1) is 0 Å². The van der Waals surface area contributed by atoms with E-state index in [1.54, 1.807) is 0 Å². The summed E-state index contributed by atoms with van der Waals surface area (Å²) in [6.45, 7) is 3.74. The number of halogens is 1. The minimum atomic E-state index is -0.0535. The maximum absolute atomic E-state index is 15.2. The van der Waals surface area contributed by atoms with E-state index in [2.05, 4.69) is 69.1 Å². The molecular weight excluding hydrogens is 435 g/mol. The first-order valence-corrected chi connectivity index (χ1v) is 12.8. The molecule has 3 aromatic carbocycles. The maximum atomic E-state index is 15.2. The average molecular weight is 469 g/mol. The average Bonchev–Trinajstić information content (AvgIpc) is 2.93. The molecule has 0 aliphatic carbocycles. The van der Waals surface area contributed by atoms with E-state index in [9.17, 15) is 0 Å². The van der Waals surface area contributed by atoms with E-state index in [0.717, 1.165) is 85.8 Å². The molecule has 35 heavy (non-hydrogen) atoms. The van der Waals surface area contributed by atoms with Gasteiger partial charge in [-0.3, -0.25) is 9.98 Å². The lowest BCUT2D eigenvalue weighted by atomic mass is 9.97. The van der Waals surface area contributed by atoms with E-state index in [1.807, 2.05) is 18.2 Å². The Balaban J connectivity index is 1.17. The first-order valence-electron chi connectivity index (χ1n) is 12.8. The molecule has 2 N–H and O–H groups in total. The van der Waals surface area contributed by atoms with Gasteiger partial charge in [0, 0.05) is 37.3 Å². The Morgan fingerprint density at radius 3 is 1.46 bits per heavy atom. The van der Waals surface area contributed by atoms with Gasteiger partial charge < -0.3 is 10.6 Å². The Hall–Kier alpha value is -3.47. The molecule has 0 spiro atoms. The van der Waals surface area contributed by atoms with Crippen LogP contribution in [0.2, 0.25) is 0 Å². The van der Waals surface area contributed by atoms with Crippen molar-refractivity contribution in [3.05, 3.63) is 106 Å². The molecule has 2 aliphatic rings. The third kappa shape index (κ3) is 5.97. The van der Waals surface area contributed by atoms with Crippen LogP contribution in [0.1, 0.15) is 46.2 Å². The van der Waals surface area contributed by atoms with Crippen molar-refractivity contribution < 1.29 is 4.39 Å². The molecule has 5 rings (SSSR count). The monoisotopic (exact) mass is 468 g/mol. The molecule has 0 saturated carbocycles. The second kappa shape index (κ2) is 11.3. The van der Waals surface area contributed by atoms with E-state index >= 15 is 4.39 Å². The fourth-order valence-corrected chi connectivity index (χ4v) is 4.69. The highest BCUT2D eigenvalue weighted by molar-refractivity contribution is 5.99. The van der Waals surface area contributed by atoms with Crippen LogP contribution in [0, 0.1) is 5.82 Å². The third-order valence-electron chi connectivity index (χ3n) is 6.77. The van der Waals surface area contributed by atoms with E-state index in [4.69, 9.17) is 0 Å². The van der Waals surface area contributed by atoms with Crippen LogP contribution < -0.4 is 10.6 Å². The molecule has 0 radical (unpaired) electrons. The molecule has 0 atom stereocenters. The standard InChI is InChI=1S/C30H33FN4/c31-28-24(12-6-22-8-14-26(15-9-22)29-32-18-2-19-33-29)4-1-5-25(28)13-7-23-10-16-27(17-11-23)30-34-20-3-21-35-30/h1,4-5,8-11,14-17H,2-3,6-7,12-13,18-21H2,(H,32,33)(H,34,35). The Morgan fingerprint density at radius 1 is 0.600 bits per heavy atom. The molecule has 5 heteroatoms. The number of aryl methyl sites for hydroxylation is 4. The van der Waals surface area contributed by atoms with Gasteiger partial charge in [-0.1, -0.05) is 66.7 Å². The van der Waals surface area contributed by atoms with Crippen molar-refractivity contribution >= 4 is 11.7 Å². The Labute approximate surface area is 207 Å². The van der Waals surface area contributed by atoms with Crippen LogP contribution in [0.25, 0.3) is 0 Å². The molecule has 2 heterocycles. The van der Waals surface area contributed by atoms with Crippen LogP contribution in [0.5, 0.6) is 0 Å². The van der Waals surface area contributed by atoms with Crippen molar-refractivity contribution in [1.29, 1.82) is 0 Å². The molecule has 3 aromatic rings. The number of nitrogens with one attached hydrogen (secondary N) is 2. The second-order valence-electron chi connectivity index (χ2n) is 9.31. The highest BCUT2D eigenvalue weighted by Crippen LogP contribution is 2.19. The zero-order chi connectivity index (χ0) is 23.9. The van der Waals surface area contributed by atoms with Crippen molar-refractivity contribution in [2.75, 3.05) is 26.2 Å². The van der Waals surface area contributed by atoms with Gasteiger partial charge in [-0.05, 0) is 60.8 Å². The number of nitrogens with zero attached hydrogens (tertiary/aromatic N) is 2. The van der Waals surface area contributed by atoms with Crippen LogP contribution in [0.3, 0.4) is 0 Å². The van der Waals surface area contributed by atoms with E-state index in [1.165, 1.54) is 11.1 Å². The summed E-state index contributed by atoms with van der Waals surface area (Å²) in [5.41, 5.74) is 6.26. The maximum Gasteiger partial charge on any atom is 0.129 e. The molecular formula is C30H33FN4. The largest absolute Gasteiger partial charge is 0.370 e. The first-order chi connectivity index (χ1) is 17.3. The predicted octanol–water partition coefficient (Wildman–Crippen LogP) is 4.88. The van der Waals surface area contributed by atoms with Crippen LogP contribution in [0.15, 0.2) is 76.7 Å². The van der Waals surface area contributed by atoms with E-state index < -0.39 is 0 Å². The normalized spacial score (nSPS) is 15.6. The summed E-state index contributed by atoms with van der Waals surface area (Å²) in [6.07, 6.45) is 5.21. The molecule has 180 valence electrons. The topological polar surface area (TPSA) is 48.8 Å². The van der Waals surface area contributed by atoms with Crippen molar-refractivity contribution in [3.8, 4) is 0 Å². The SMILES string of the molecule is Fc1c(CCc2ccc(C3=NCCCN3)cc2)cccc1CCc1ccc(C2=NCCCN2)cc1. The van der Waals surface area contributed by atoms with Gasteiger partial charge in [0.1, 0.15) is 17.5 Å². The zero-order valence-electron chi connectivity index (χ0n) is 20.2. The first kappa shape index (κ1) is 23.3. The minimum Gasteiger partial charge on any atom is -0.370 e. The molecule has 0 amide bonds. The van der Waals surface area contributed by atoms with Crippen LogP contribution >= 0.6 is 0 Å².